The Kier molecular flexibility index (Phi) is 4.86. The Labute approximate surface area is 133 Å². The average molecular weight is 295 g/mol. The summed E-state index contributed by atoms with van der Waals surface area (Å²) >= 11 is 0. The van der Waals surface area contributed by atoms with Crippen LogP contribution in [-0.4, -0.2) is 36.6 Å². The lowest BCUT2D eigenvalue weighted by Gasteiger charge is -2.23. The molecule has 0 bridgehead atoms. The molecule has 1 fully saturated rings. The van der Waals surface area contributed by atoms with Gasteiger partial charge in [0.05, 0.1) is 0 Å². The topological polar surface area (TPSA) is 28.2 Å². The number of hydrogen-bond acceptors (Lipinski definition) is 3. The molecule has 2 aromatic rings. The SMILES string of the molecule is CNC(CN1CCCC1)c1ccc(-c2cccnc2C)cc1. The Balaban J connectivity index is 1.76. The van der Waals surface area contributed by atoms with Crippen LogP contribution in [0.1, 0.15) is 30.1 Å². The van der Waals surface area contributed by atoms with Crippen LogP contribution in [0.5, 0.6) is 0 Å². The minimum absolute atomic E-state index is 0.405. The zero-order valence-corrected chi connectivity index (χ0v) is 13.5. The van der Waals surface area contributed by atoms with Crippen molar-refractivity contribution < 1.29 is 0 Å². The number of benzene rings is 1. The molecule has 0 radical (unpaired) electrons. The largest absolute Gasteiger partial charge is 0.312 e. The highest BCUT2D eigenvalue weighted by Gasteiger charge is 2.17. The van der Waals surface area contributed by atoms with Crippen LogP contribution in [0.4, 0.5) is 0 Å². The Bertz CT molecular complexity index is 600. The van der Waals surface area contributed by atoms with Crippen LogP contribution in [-0.2, 0) is 0 Å². The fourth-order valence-corrected chi connectivity index (χ4v) is 3.27. The van der Waals surface area contributed by atoms with Gasteiger partial charge in [-0.1, -0.05) is 30.3 Å². The van der Waals surface area contributed by atoms with Crippen molar-refractivity contribution in [3.63, 3.8) is 0 Å². The fourth-order valence-electron chi connectivity index (χ4n) is 3.27. The van der Waals surface area contributed by atoms with Gasteiger partial charge in [-0.3, -0.25) is 4.98 Å². The molecular weight excluding hydrogens is 270 g/mol. The first-order valence-corrected chi connectivity index (χ1v) is 8.19. The molecule has 3 heteroatoms. The quantitative estimate of drug-likeness (QED) is 0.916. The van der Waals surface area contributed by atoms with E-state index < -0.39 is 0 Å². The number of likely N-dealkylation sites (tertiary alicyclic amines) is 1. The van der Waals surface area contributed by atoms with Crippen molar-refractivity contribution in [1.29, 1.82) is 0 Å². The van der Waals surface area contributed by atoms with Crippen molar-refractivity contribution in [2.75, 3.05) is 26.7 Å². The molecule has 0 aliphatic carbocycles. The predicted octanol–water partition coefficient (Wildman–Crippen LogP) is 3.41. The van der Waals surface area contributed by atoms with Crippen molar-refractivity contribution in [2.24, 2.45) is 0 Å². The predicted molar refractivity (Wildman–Crippen MR) is 91.9 cm³/mol. The van der Waals surface area contributed by atoms with Crippen molar-refractivity contribution in [3.05, 3.63) is 53.9 Å². The van der Waals surface area contributed by atoms with Gasteiger partial charge in [0.25, 0.3) is 0 Å². The van der Waals surface area contributed by atoms with Crippen molar-refractivity contribution in [2.45, 2.75) is 25.8 Å². The van der Waals surface area contributed by atoms with E-state index in [0.717, 1.165) is 12.2 Å². The second-order valence-electron chi connectivity index (χ2n) is 6.11. The van der Waals surface area contributed by atoms with Gasteiger partial charge in [0.1, 0.15) is 0 Å². The van der Waals surface area contributed by atoms with E-state index in [0.29, 0.717) is 6.04 Å². The number of nitrogens with zero attached hydrogens (tertiary/aromatic N) is 2. The van der Waals surface area contributed by atoms with E-state index in [1.807, 2.05) is 12.3 Å². The third-order valence-electron chi connectivity index (χ3n) is 4.62. The molecule has 1 aromatic carbocycles. The van der Waals surface area contributed by atoms with Gasteiger partial charge in [-0.25, -0.2) is 0 Å². The molecule has 1 N–H and O–H groups in total. The zero-order valence-electron chi connectivity index (χ0n) is 13.5. The molecule has 3 rings (SSSR count). The lowest BCUT2D eigenvalue weighted by atomic mass is 10.00. The lowest BCUT2D eigenvalue weighted by molar-refractivity contribution is 0.299. The summed E-state index contributed by atoms with van der Waals surface area (Å²) in [5.41, 5.74) is 4.90. The van der Waals surface area contributed by atoms with Crippen LogP contribution in [0.15, 0.2) is 42.6 Å². The summed E-state index contributed by atoms with van der Waals surface area (Å²) < 4.78 is 0. The fraction of sp³-hybridized carbons (Fsp3) is 0.421. The van der Waals surface area contributed by atoms with E-state index in [2.05, 4.69) is 59.5 Å². The normalized spacial score (nSPS) is 16.8. The number of likely N-dealkylation sites (N-methyl/N-ethyl adjacent to an activating group) is 1. The van der Waals surface area contributed by atoms with E-state index in [4.69, 9.17) is 0 Å². The first kappa shape index (κ1) is 15.2. The minimum atomic E-state index is 0.405. The first-order valence-electron chi connectivity index (χ1n) is 8.19. The summed E-state index contributed by atoms with van der Waals surface area (Å²) in [6.07, 6.45) is 4.53. The van der Waals surface area contributed by atoms with Gasteiger partial charge in [-0.2, -0.15) is 0 Å². The molecule has 116 valence electrons. The number of rotatable bonds is 5. The molecule has 1 unspecified atom stereocenters. The van der Waals surface area contributed by atoms with E-state index in [9.17, 15) is 0 Å². The molecule has 2 heterocycles. The van der Waals surface area contributed by atoms with Gasteiger partial charge in [0, 0.05) is 30.0 Å². The summed E-state index contributed by atoms with van der Waals surface area (Å²) in [6.45, 7) is 5.64. The van der Waals surface area contributed by atoms with Gasteiger partial charge < -0.3 is 10.2 Å². The van der Waals surface area contributed by atoms with Crippen LogP contribution in [0.25, 0.3) is 11.1 Å². The van der Waals surface area contributed by atoms with Gasteiger partial charge in [0.15, 0.2) is 0 Å². The number of nitrogens with one attached hydrogen (secondary N) is 1. The zero-order chi connectivity index (χ0) is 15.4. The van der Waals surface area contributed by atoms with Crippen LogP contribution in [0.2, 0.25) is 0 Å². The lowest BCUT2D eigenvalue weighted by Crippen LogP contribution is -2.31. The second kappa shape index (κ2) is 7.03. The highest BCUT2D eigenvalue weighted by molar-refractivity contribution is 5.65. The van der Waals surface area contributed by atoms with Crippen LogP contribution in [0.3, 0.4) is 0 Å². The third-order valence-corrected chi connectivity index (χ3v) is 4.62. The van der Waals surface area contributed by atoms with Gasteiger partial charge in [-0.15, -0.1) is 0 Å². The molecule has 1 aliphatic heterocycles. The minimum Gasteiger partial charge on any atom is -0.312 e. The van der Waals surface area contributed by atoms with Crippen molar-refractivity contribution in [3.8, 4) is 11.1 Å². The smallest absolute Gasteiger partial charge is 0.0450 e. The number of aryl methyl sites for hydroxylation is 1. The Morgan fingerprint density at radius 3 is 2.50 bits per heavy atom. The van der Waals surface area contributed by atoms with Crippen LogP contribution in [0, 0.1) is 6.92 Å². The maximum Gasteiger partial charge on any atom is 0.0450 e. The van der Waals surface area contributed by atoms with Crippen molar-refractivity contribution in [1.82, 2.24) is 15.2 Å². The van der Waals surface area contributed by atoms with E-state index in [1.54, 1.807) is 0 Å². The number of pyridine rings is 1. The molecular formula is C19H25N3. The van der Waals surface area contributed by atoms with Gasteiger partial charge in [-0.05, 0) is 57.1 Å². The molecule has 1 atom stereocenters. The molecule has 22 heavy (non-hydrogen) atoms. The Morgan fingerprint density at radius 2 is 1.86 bits per heavy atom. The highest BCUT2D eigenvalue weighted by atomic mass is 15.2. The van der Waals surface area contributed by atoms with Crippen molar-refractivity contribution >= 4 is 0 Å². The molecule has 0 spiro atoms. The summed E-state index contributed by atoms with van der Waals surface area (Å²) in [5.74, 6) is 0. The Hall–Kier alpha value is -1.71. The summed E-state index contributed by atoms with van der Waals surface area (Å²) in [6, 6.07) is 13.5. The Morgan fingerprint density at radius 1 is 1.14 bits per heavy atom. The maximum atomic E-state index is 4.38. The molecule has 1 aromatic heterocycles. The second-order valence-corrected chi connectivity index (χ2v) is 6.11. The molecule has 0 saturated carbocycles. The van der Waals surface area contributed by atoms with Crippen LogP contribution < -0.4 is 5.32 Å². The molecule has 3 nitrogen and oxygen atoms in total. The molecule has 1 aliphatic rings. The average Bonchev–Trinajstić information content (AvgIpc) is 3.06. The van der Waals surface area contributed by atoms with Gasteiger partial charge >= 0.3 is 0 Å². The standard InChI is InChI=1S/C19H25N3/c1-15-18(6-5-11-21-15)16-7-9-17(10-8-16)19(20-2)14-22-12-3-4-13-22/h5-11,19-20H,3-4,12-14H2,1-2H3. The number of hydrogen-bond donors (Lipinski definition) is 1. The number of aromatic nitrogens is 1. The van der Waals surface area contributed by atoms with Gasteiger partial charge in [0.2, 0.25) is 0 Å². The van der Waals surface area contributed by atoms with E-state index in [-0.39, 0.29) is 0 Å². The highest BCUT2D eigenvalue weighted by Crippen LogP contribution is 2.24. The summed E-state index contributed by atoms with van der Waals surface area (Å²) in [5, 5.41) is 3.46. The summed E-state index contributed by atoms with van der Waals surface area (Å²) in [7, 11) is 2.06. The first-order chi connectivity index (χ1) is 10.8. The summed E-state index contributed by atoms with van der Waals surface area (Å²) in [4.78, 5) is 6.93. The monoisotopic (exact) mass is 295 g/mol. The van der Waals surface area contributed by atoms with E-state index >= 15 is 0 Å². The molecule has 1 saturated heterocycles. The van der Waals surface area contributed by atoms with Crippen LogP contribution >= 0.6 is 0 Å². The van der Waals surface area contributed by atoms with E-state index in [1.165, 1.54) is 42.6 Å². The third kappa shape index (κ3) is 3.37. The maximum absolute atomic E-state index is 4.38. The molecule has 0 amide bonds.